The van der Waals surface area contributed by atoms with Crippen molar-refractivity contribution in [1.82, 2.24) is 4.98 Å². The molecule has 19 heavy (non-hydrogen) atoms. The van der Waals surface area contributed by atoms with Gasteiger partial charge in [0.1, 0.15) is 17.5 Å². The van der Waals surface area contributed by atoms with Crippen LogP contribution in [0.5, 0.6) is 0 Å². The molecule has 2 rings (SSSR count). The van der Waals surface area contributed by atoms with Crippen molar-refractivity contribution < 1.29 is 0 Å². The van der Waals surface area contributed by atoms with Crippen LogP contribution >= 0.6 is 23.2 Å². The Balaban J connectivity index is 2.90. The molecule has 5 heteroatoms. The maximum absolute atomic E-state index is 9.29. The molecule has 0 amide bonds. The molecule has 0 saturated carbocycles. The minimum absolute atomic E-state index is 0.205. The van der Waals surface area contributed by atoms with E-state index in [4.69, 9.17) is 28.9 Å². The predicted octanol–water partition coefficient (Wildman–Crippen LogP) is 4.13. The SMILES string of the molecule is Cc1nc(N)c(C#N)c(-c2cccc(Cl)c2Cl)c1C. The Bertz CT molecular complexity index is 703. The Labute approximate surface area is 121 Å². The fourth-order valence-corrected chi connectivity index (χ4v) is 2.36. The maximum Gasteiger partial charge on any atom is 0.142 e. The first-order valence-electron chi connectivity index (χ1n) is 5.58. The van der Waals surface area contributed by atoms with Crippen molar-refractivity contribution in [3.8, 4) is 17.2 Å². The second-order valence-electron chi connectivity index (χ2n) is 4.17. The van der Waals surface area contributed by atoms with Crippen molar-refractivity contribution in [3.05, 3.63) is 45.1 Å². The van der Waals surface area contributed by atoms with Crippen LogP contribution in [0.2, 0.25) is 10.0 Å². The van der Waals surface area contributed by atoms with Crippen LogP contribution in [0.25, 0.3) is 11.1 Å². The number of pyridine rings is 1. The van der Waals surface area contributed by atoms with E-state index in [1.54, 1.807) is 12.1 Å². The van der Waals surface area contributed by atoms with Gasteiger partial charge in [0.25, 0.3) is 0 Å². The van der Waals surface area contributed by atoms with Crippen molar-refractivity contribution >= 4 is 29.0 Å². The van der Waals surface area contributed by atoms with Gasteiger partial charge in [0, 0.05) is 16.8 Å². The largest absolute Gasteiger partial charge is 0.383 e. The average Bonchev–Trinajstić information content (AvgIpc) is 2.37. The number of aromatic nitrogens is 1. The fourth-order valence-electron chi connectivity index (χ4n) is 1.96. The molecule has 1 aromatic heterocycles. The number of hydrogen-bond donors (Lipinski definition) is 1. The zero-order valence-electron chi connectivity index (χ0n) is 10.5. The van der Waals surface area contributed by atoms with E-state index in [-0.39, 0.29) is 5.82 Å². The van der Waals surface area contributed by atoms with Crippen molar-refractivity contribution in [3.63, 3.8) is 0 Å². The number of rotatable bonds is 1. The topological polar surface area (TPSA) is 62.7 Å². The number of nitriles is 1. The van der Waals surface area contributed by atoms with E-state index in [0.717, 1.165) is 11.3 Å². The zero-order chi connectivity index (χ0) is 14.2. The molecule has 1 heterocycles. The predicted molar refractivity (Wildman–Crippen MR) is 78.3 cm³/mol. The van der Waals surface area contributed by atoms with E-state index >= 15 is 0 Å². The minimum atomic E-state index is 0.205. The van der Waals surface area contributed by atoms with Gasteiger partial charge in [0.05, 0.1) is 10.0 Å². The number of nitrogens with zero attached hydrogens (tertiary/aromatic N) is 2. The fraction of sp³-hybridized carbons (Fsp3) is 0.143. The van der Waals surface area contributed by atoms with E-state index in [1.807, 2.05) is 19.9 Å². The Morgan fingerprint density at radius 1 is 1.26 bits per heavy atom. The molecule has 0 saturated heterocycles. The molecule has 0 fully saturated rings. The third-order valence-corrected chi connectivity index (χ3v) is 3.86. The summed E-state index contributed by atoms with van der Waals surface area (Å²) in [6.45, 7) is 3.73. The monoisotopic (exact) mass is 291 g/mol. The molecule has 0 aliphatic carbocycles. The summed E-state index contributed by atoms with van der Waals surface area (Å²) in [6.07, 6.45) is 0. The van der Waals surface area contributed by atoms with Gasteiger partial charge >= 0.3 is 0 Å². The molecule has 1 aromatic carbocycles. The summed E-state index contributed by atoms with van der Waals surface area (Å²) >= 11 is 12.3. The van der Waals surface area contributed by atoms with E-state index in [1.165, 1.54) is 0 Å². The van der Waals surface area contributed by atoms with Crippen molar-refractivity contribution in [2.45, 2.75) is 13.8 Å². The highest BCUT2D eigenvalue weighted by Gasteiger charge is 2.18. The smallest absolute Gasteiger partial charge is 0.142 e. The number of anilines is 1. The lowest BCUT2D eigenvalue weighted by molar-refractivity contribution is 1.15. The van der Waals surface area contributed by atoms with E-state index < -0.39 is 0 Å². The molecule has 0 bridgehead atoms. The highest BCUT2D eigenvalue weighted by atomic mass is 35.5. The quantitative estimate of drug-likeness (QED) is 0.859. The molecule has 96 valence electrons. The summed E-state index contributed by atoms with van der Waals surface area (Å²) in [5, 5.41) is 10.1. The first-order chi connectivity index (χ1) is 8.97. The standard InChI is InChI=1S/C14H11Cl2N3/c1-7-8(2)19-14(18)10(6-17)12(7)9-4-3-5-11(15)13(9)16/h3-5H,1-2H3,(H2,18,19). The van der Waals surface area contributed by atoms with Crippen molar-refractivity contribution in [2.75, 3.05) is 5.73 Å². The van der Waals surface area contributed by atoms with E-state index in [2.05, 4.69) is 11.1 Å². The highest BCUT2D eigenvalue weighted by molar-refractivity contribution is 6.43. The molecule has 3 nitrogen and oxygen atoms in total. The second-order valence-corrected chi connectivity index (χ2v) is 4.96. The molecule has 0 aliphatic rings. The van der Waals surface area contributed by atoms with E-state index in [9.17, 15) is 5.26 Å². The van der Waals surface area contributed by atoms with E-state index in [0.29, 0.717) is 26.7 Å². The Hall–Kier alpha value is -1.76. The molecular weight excluding hydrogens is 281 g/mol. The van der Waals surface area contributed by atoms with Crippen LogP contribution in [0.1, 0.15) is 16.8 Å². The third kappa shape index (κ3) is 2.25. The van der Waals surface area contributed by atoms with Gasteiger partial charge in [-0.25, -0.2) is 4.98 Å². The van der Waals surface area contributed by atoms with Crippen LogP contribution in [0.4, 0.5) is 5.82 Å². The lowest BCUT2D eigenvalue weighted by Crippen LogP contribution is -2.03. The summed E-state index contributed by atoms with van der Waals surface area (Å²) in [6, 6.07) is 7.39. The lowest BCUT2D eigenvalue weighted by Gasteiger charge is -2.14. The number of nitrogens with two attached hydrogens (primary N) is 1. The van der Waals surface area contributed by atoms with Gasteiger partial charge in [0.2, 0.25) is 0 Å². The van der Waals surface area contributed by atoms with Crippen LogP contribution < -0.4 is 5.73 Å². The van der Waals surface area contributed by atoms with Gasteiger partial charge in [-0.3, -0.25) is 0 Å². The van der Waals surface area contributed by atoms with Crippen molar-refractivity contribution in [2.24, 2.45) is 0 Å². The van der Waals surface area contributed by atoms with Crippen LogP contribution in [0, 0.1) is 25.2 Å². The van der Waals surface area contributed by atoms with Gasteiger partial charge in [-0.1, -0.05) is 35.3 Å². The molecule has 0 atom stereocenters. The molecular formula is C14H11Cl2N3. The number of nitrogen functional groups attached to an aromatic ring is 1. The molecule has 2 N–H and O–H groups in total. The maximum atomic E-state index is 9.29. The molecule has 2 aromatic rings. The number of aryl methyl sites for hydroxylation is 1. The summed E-state index contributed by atoms with van der Waals surface area (Å²) in [7, 11) is 0. The Kier molecular flexibility index (Phi) is 3.66. The number of hydrogen-bond acceptors (Lipinski definition) is 3. The minimum Gasteiger partial charge on any atom is -0.383 e. The summed E-state index contributed by atoms with van der Waals surface area (Å²) in [5.74, 6) is 0.205. The summed E-state index contributed by atoms with van der Waals surface area (Å²) in [4.78, 5) is 4.16. The molecule has 0 radical (unpaired) electrons. The number of benzene rings is 1. The lowest BCUT2D eigenvalue weighted by atomic mass is 9.95. The van der Waals surface area contributed by atoms with Crippen LogP contribution in [0.15, 0.2) is 18.2 Å². The molecule has 0 spiro atoms. The third-order valence-electron chi connectivity index (χ3n) is 3.04. The first kappa shape index (κ1) is 13.7. The first-order valence-corrected chi connectivity index (χ1v) is 6.34. The van der Waals surface area contributed by atoms with Gasteiger partial charge in [0.15, 0.2) is 0 Å². The normalized spacial score (nSPS) is 10.3. The summed E-state index contributed by atoms with van der Waals surface area (Å²) in [5.41, 5.74) is 9.17. The Morgan fingerprint density at radius 3 is 2.58 bits per heavy atom. The van der Waals surface area contributed by atoms with Crippen molar-refractivity contribution in [1.29, 1.82) is 5.26 Å². The van der Waals surface area contributed by atoms with Crippen LogP contribution in [-0.4, -0.2) is 4.98 Å². The summed E-state index contributed by atoms with van der Waals surface area (Å²) < 4.78 is 0. The second kappa shape index (κ2) is 5.08. The zero-order valence-corrected chi connectivity index (χ0v) is 12.0. The van der Waals surface area contributed by atoms with Gasteiger partial charge in [-0.05, 0) is 25.5 Å². The average molecular weight is 292 g/mol. The van der Waals surface area contributed by atoms with Gasteiger partial charge in [-0.15, -0.1) is 0 Å². The molecule has 0 unspecified atom stereocenters. The number of halogens is 2. The van der Waals surface area contributed by atoms with Gasteiger partial charge < -0.3 is 5.73 Å². The highest BCUT2D eigenvalue weighted by Crippen LogP contribution is 2.38. The molecule has 0 aliphatic heterocycles. The van der Waals surface area contributed by atoms with Crippen LogP contribution in [-0.2, 0) is 0 Å². The van der Waals surface area contributed by atoms with Gasteiger partial charge in [-0.2, -0.15) is 5.26 Å². The Morgan fingerprint density at radius 2 is 1.95 bits per heavy atom. The van der Waals surface area contributed by atoms with Crippen LogP contribution in [0.3, 0.4) is 0 Å².